The third kappa shape index (κ3) is 22.0. The number of aliphatic hydroxyl groups excluding tert-OH is 4. The fourth-order valence-electron chi connectivity index (χ4n) is 1.15. The molecule has 3 unspecified atom stereocenters. The number of ether oxygens (including phenoxy) is 1. The van der Waals surface area contributed by atoms with Crippen LogP contribution in [-0.2, 0) is 23.0 Å². The molecule has 184 valence electrons. The monoisotopic (exact) mass is 515 g/mol. The van der Waals surface area contributed by atoms with Gasteiger partial charge in [0.2, 0.25) is 0 Å². The minimum Gasteiger partial charge on any atom is -0.480 e. The number of carbonyl (C=O) groups excluding carboxylic acids is 1. The first kappa shape index (κ1) is 34.6. The molecule has 0 fully saturated rings. The van der Waals surface area contributed by atoms with E-state index in [1.54, 1.807) is 27.0 Å². The van der Waals surface area contributed by atoms with Crippen LogP contribution in [-0.4, -0.2) is 97.5 Å². The Morgan fingerprint density at radius 2 is 1.35 bits per heavy atom. The Labute approximate surface area is 185 Å². The lowest BCUT2D eigenvalue weighted by Gasteiger charge is -2.23. The second-order valence-electron chi connectivity index (χ2n) is 6.68. The van der Waals surface area contributed by atoms with Crippen LogP contribution in [0.2, 0.25) is 0 Å². The molecule has 0 aliphatic heterocycles. The standard InChI is InChI=1S/C9H17NO4S.C5H12O4.O5P2/c1-9(2,3)14-8(13)10-6(5-15-4)7(11)12;6-1-5(2-7,3-8)4-9;1-6(2)5-7(3)4/h6H,5H2,1-4H3,(H,10,13)(H,11,12);6-9H,1-4H2;/p+2. The lowest BCUT2D eigenvalue weighted by atomic mass is 9.93. The van der Waals surface area contributed by atoms with Gasteiger partial charge in [-0.1, -0.05) is 0 Å². The molecule has 0 aromatic heterocycles. The minimum atomic E-state index is -2.92. The zero-order chi connectivity index (χ0) is 25.3. The maximum atomic E-state index is 11.2. The van der Waals surface area contributed by atoms with Gasteiger partial charge in [0.25, 0.3) is 0 Å². The SMILES string of the molecule is CSCC(NC(=O)OC(C)(C)C)C(=O)O.O=[P+](O)O[P+](=O)O.OCC(CO)(CO)CO. The van der Waals surface area contributed by atoms with E-state index in [1.165, 1.54) is 11.8 Å². The Morgan fingerprint density at radius 3 is 1.52 bits per heavy atom. The van der Waals surface area contributed by atoms with Crippen molar-refractivity contribution < 1.29 is 63.1 Å². The summed E-state index contributed by atoms with van der Waals surface area (Å²) in [4.78, 5) is 37.3. The summed E-state index contributed by atoms with van der Waals surface area (Å²) in [5.41, 5.74) is -1.73. The molecular weight excluding hydrogens is 484 g/mol. The molecule has 8 N–H and O–H groups in total. The van der Waals surface area contributed by atoms with Crippen molar-refractivity contribution in [3.8, 4) is 0 Å². The van der Waals surface area contributed by atoms with Crippen LogP contribution in [0.5, 0.6) is 0 Å². The van der Waals surface area contributed by atoms with E-state index in [2.05, 4.69) is 9.63 Å². The zero-order valence-corrected chi connectivity index (χ0v) is 20.1. The molecule has 31 heavy (non-hydrogen) atoms. The molecule has 3 atom stereocenters. The van der Waals surface area contributed by atoms with Crippen molar-refractivity contribution in [2.75, 3.05) is 38.4 Å². The summed E-state index contributed by atoms with van der Waals surface area (Å²) in [6.45, 7) is 3.53. The predicted molar refractivity (Wildman–Crippen MR) is 111 cm³/mol. The molecule has 14 nitrogen and oxygen atoms in total. The number of rotatable bonds is 10. The van der Waals surface area contributed by atoms with Gasteiger partial charge in [-0.3, -0.25) is 0 Å². The molecule has 17 heteroatoms. The van der Waals surface area contributed by atoms with Gasteiger partial charge in [-0.05, 0) is 27.0 Å². The maximum Gasteiger partial charge on any atom is 0.745 e. The van der Waals surface area contributed by atoms with E-state index in [0.717, 1.165) is 0 Å². The average Bonchev–Trinajstić information content (AvgIpc) is 2.62. The van der Waals surface area contributed by atoms with Gasteiger partial charge >= 0.3 is 28.6 Å². The van der Waals surface area contributed by atoms with Crippen LogP contribution in [0.3, 0.4) is 0 Å². The molecule has 0 spiro atoms. The summed E-state index contributed by atoms with van der Waals surface area (Å²) in [6.07, 6.45) is 1.07. The van der Waals surface area contributed by atoms with E-state index >= 15 is 0 Å². The number of aliphatic carboxylic acids is 1. The molecule has 0 bridgehead atoms. The fraction of sp³-hybridized carbons (Fsp3) is 0.857. The van der Waals surface area contributed by atoms with Crippen LogP contribution in [0.25, 0.3) is 0 Å². The van der Waals surface area contributed by atoms with Crippen molar-refractivity contribution in [1.82, 2.24) is 5.32 Å². The number of hydrogen-bond acceptors (Lipinski definition) is 11. The first-order chi connectivity index (χ1) is 14.1. The van der Waals surface area contributed by atoms with Crippen molar-refractivity contribution in [3.63, 3.8) is 0 Å². The summed E-state index contributed by atoms with van der Waals surface area (Å²) >= 11 is 1.35. The molecule has 0 aromatic carbocycles. The number of alkyl carbamates (subject to hydrolysis) is 1. The quantitative estimate of drug-likeness (QED) is 0.172. The highest BCUT2D eigenvalue weighted by Gasteiger charge is 2.31. The molecule has 0 aromatic rings. The van der Waals surface area contributed by atoms with E-state index in [-0.39, 0.29) is 0 Å². The number of hydrogen-bond donors (Lipinski definition) is 8. The molecule has 0 saturated heterocycles. The minimum absolute atomic E-state index is 0.314. The summed E-state index contributed by atoms with van der Waals surface area (Å²) in [6, 6.07) is -0.908. The number of amides is 1. The molecule has 0 aliphatic rings. The van der Waals surface area contributed by atoms with Crippen LogP contribution < -0.4 is 5.32 Å². The van der Waals surface area contributed by atoms with Crippen LogP contribution in [0.4, 0.5) is 4.79 Å². The number of nitrogens with one attached hydrogen (secondary N) is 1. The third-order valence-corrected chi connectivity index (χ3v) is 4.59. The Balaban J connectivity index is -0.000000417. The summed E-state index contributed by atoms with van der Waals surface area (Å²) in [5.74, 6) is -0.746. The van der Waals surface area contributed by atoms with Crippen LogP contribution in [0.15, 0.2) is 0 Å². The molecular formula is C14H31NO13P2S+2. The highest BCUT2D eigenvalue weighted by atomic mass is 32.2. The van der Waals surface area contributed by atoms with E-state index in [1.807, 2.05) is 0 Å². The van der Waals surface area contributed by atoms with Gasteiger partial charge in [0.15, 0.2) is 4.31 Å². The number of carboxylic acid groups (broad SMARTS) is 1. The highest BCUT2D eigenvalue weighted by molar-refractivity contribution is 7.98. The summed E-state index contributed by atoms with van der Waals surface area (Å²) in [7, 11) is -5.85. The van der Waals surface area contributed by atoms with Gasteiger partial charge in [0.1, 0.15) is 11.6 Å². The van der Waals surface area contributed by atoms with Crippen LogP contribution in [0, 0.1) is 5.41 Å². The molecule has 0 rings (SSSR count). The van der Waals surface area contributed by atoms with E-state index in [9.17, 15) is 18.7 Å². The van der Waals surface area contributed by atoms with Gasteiger partial charge in [-0.2, -0.15) is 11.8 Å². The van der Waals surface area contributed by atoms with Gasteiger partial charge in [0, 0.05) is 14.9 Å². The predicted octanol–water partition coefficient (Wildman–Crippen LogP) is -0.428. The van der Waals surface area contributed by atoms with Gasteiger partial charge in [0.05, 0.1) is 31.8 Å². The van der Waals surface area contributed by atoms with Crippen LogP contribution >= 0.6 is 28.3 Å². The number of aliphatic hydroxyl groups is 4. The van der Waals surface area contributed by atoms with Gasteiger partial charge in [-0.15, -0.1) is 9.79 Å². The first-order valence-electron chi connectivity index (χ1n) is 8.28. The van der Waals surface area contributed by atoms with Gasteiger partial charge < -0.3 is 35.6 Å². The molecule has 0 radical (unpaired) electrons. The highest BCUT2D eigenvalue weighted by Crippen LogP contribution is 2.30. The van der Waals surface area contributed by atoms with Crippen molar-refractivity contribution >= 4 is 40.3 Å². The Bertz CT molecular complexity index is 525. The number of thioether (sulfide) groups is 1. The van der Waals surface area contributed by atoms with Crippen molar-refractivity contribution in [3.05, 3.63) is 0 Å². The molecule has 0 aliphatic carbocycles. The van der Waals surface area contributed by atoms with Crippen LogP contribution in [0.1, 0.15) is 20.8 Å². The lowest BCUT2D eigenvalue weighted by Crippen LogP contribution is -2.44. The second kappa shape index (κ2) is 18.6. The van der Waals surface area contributed by atoms with Crippen molar-refractivity contribution in [2.24, 2.45) is 5.41 Å². The Hall–Kier alpha value is -0.990. The topological polar surface area (TPSA) is 240 Å². The molecule has 0 saturated carbocycles. The second-order valence-corrected chi connectivity index (χ2v) is 9.20. The van der Waals surface area contributed by atoms with Gasteiger partial charge in [-0.25, -0.2) is 9.59 Å². The average molecular weight is 515 g/mol. The van der Waals surface area contributed by atoms with Crippen molar-refractivity contribution in [1.29, 1.82) is 0 Å². The largest absolute Gasteiger partial charge is 0.745 e. The van der Waals surface area contributed by atoms with E-state index in [4.69, 9.17) is 40.1 Å². The Kier molecular flexibility index (Phi) is 20.7. The smallest absolute Gasteiger partial charge is 0.480 e. The zero-order valence-electron chi connectivity index (χ0n) is 17.5. The lowest BCUT2D eigenvalue weighted by molar-refractivity contribution is -0.138. The van der Waals surface area contributed by atoms with E-state index < -0.39 is 72.1 Å². The number of carbonyl (C=O) groups is 2. The summed E-state index contributed by atoms with van der Waals surface area (Å²) < 4.78 is 27.1. The maximum absolute atomic E-state index is 11.2. The summed E-state index contributed by atoms with van der Waals surface area (Å²) in [5, 5.41) is 45.0. The normalized spacial score (nSPS) is 12.8. The first-order valence-corrected chi connectivity index (χ1v) is 11.9. The third-order valence-electron chi connectivity index (χ3n) is 2.80. The fourth-order valence-corrected chi connectivity index (χ4v) is 2.19. The Morgan fingerprint density at radius 1 is 0.968 bits per heavy atom. The van der Waals surface area contributed by atoms with E-state index in [0.29, 0.717) is 5.75 Å². The number of carboxylic acids is 1. The van der Waals surface area contributed by atoms with Crippen molar-refractivity contribution in [2.45, 2.75) is 32.4 Å². The molecule has 1 amide bonds. The molecule has 0 heterocycles.